The standard InChI is InChI=1S/C11H6N/c12-8-9-5-6-10-3-1-2-4-11(10)7-9/h1,3-7H. The Morgan fingerprint density at radius 3 is 2.92 bits per heavy atom. The van der Waals surface area contributed by atoms with Crippen LogP contribution in [0.4, 0.5) is 0 Å². The summed E-state index contributed by atoms with van der Waals surface area (Å²) in [6.07, 6.45) is 0. The number of benzene rings is 2. The van der Waals surface area contributed by atoms with E-state index < -0.39 is 0 Å². The molecule has 0 bridgehead atoms. The van der Waals surface area contributed by atoms with Crippen molar-refractivity contribution in [1.82, 2.24) is 0 Å². The van der Waals surface area contributed by atoms with Crippen molar-refractivity contribution in [3.63, 3.8) is 0 Å². The highest BCUT2D eigenvalue weighted by atomic mass is 14.2. The molecule has 1 nitrogen and oxygen atoms in total. The zero-order chi connectivity index (χ0) is 8.39. The van der Waals surface area contributed by atoms with E-state index in [0.717, 1.165) is 10.8 Å². The lowest BCUT2D eigenvalue weighted by Crippen LogP contribution is -1.74. The second-order valence-corrected chi connectivity index (χ2v) is 2.60. The van der Waals surface area contributed by atoms with E-state index in [1.807, 2.05) is 36.4 Å². The lowest BCUT2D eigenvalue weighted by atomic mass is 10.1. The fourth-order valence-corrected chi connectivity index (χ4v) is 1.20. The Labute approximate surface area is 70.9 Å². The maximum absolute atomic E-state index is 8.64. The van der Waals surface area contributed by atoms with E-state index in [1.165, 1.54) is 0 Å². The maximum atomic E-state index is 8.64. The van der Waals surface area contributed by atoms with Gasteiger partial charge in [-0.15, -0.1) is 0 Å². The number of rotatable bonds is 0. The molecular weight excluding hydrogens is 146 g/mol. The first-order valence-corrected chi connectivity index (χ1v) is 3.70. The summed E-state index contributed by atoms with van der Waals surface area (Å²) in [5, 5.41) is 10.8. The van der Waals surface area contributed by atoms with Crippen molar-refractivity contribution in [3.05, 3.63) is 48.0 Å². The van der Waals surface area contributed by atoms with Gasteiger partial charge in [-0.1, -0.05) is 18.2 Å². The van der Waals surface area contributed by atoms with E-state index in [-0.39, 0.29) is 0 Å². The molecule has 2 aromatic rings. The minimum Gasteiger partial charge on any atom is -0.192 e. The van der Waals surface area contributed by atoms with Crippen LogP contribution in [0, 0.1) is 17.4 Å². The van der Waals surface area contributed by atoms with E-state index in [4.69, 9.17) is 5.26 Å². The van der Waals surface area contributed by atoms with Crippen LogP contribution in [-0.2, 0) is 0 Å². The quantitative estimate of drug-likeness (QED) is 0.569. The van der Waals surface area contributed by atoms with Gasteiger partial charge in [0.25, 0.3) is 0 Å². The predicted molar refractivity (Wildman–Crippen MR) is 47.5 cm³/mol. The Morgan fingerprint density at radius 1 is 1.17 bits per heavy atom. The Kier molecular flexibility index (Phi) is 1.53. The van der Waals surface area contributed by atoms with Crippen LogP contribution in [0.2, 0.25) is 0 Å². The summed E-state index contributed by atoms with van der Waals surface area (Å²) in [4.78, 5) is 0. The van der Waals surface area contributed by atoms with Crippen molar-refractivity contribution in [2.75, 3.05) is 0 Å². The van der Waals surface area contributed by atoms with Crippen molar-refractivity contribution in [2.24, 2.45) is 0 Å². The third-order valence-electron chi connectivity index (χ3n) is 1.81. The van der Waals surface area contributed by atoms with E-state index in [2.05, 4.69) is 12.1 Å². The van der Waals surface area contributed by atoms with Gasteiger partial charge in [0.05, 0.1) is 11.6 Å². The molecule has 0 spiro atoms. The normalized spacial score (nSPS) is 9.58. The number of nitriles is 1. The van der Waals surface area contributed by atoms with E-state index in [1.54, 1.807) is 0 Å². The predicted octanol–water partition coefficient (Wildman–Crippen LogP) is 2.51. The van der Waals surface area contributed by atoms with Crippen molar-refractivity contribution in [3.8, 4) is 6.07 Å². The Morgan fingerprint density at radius 2 is 2.08 bits per heavy atom. The molecule has 0 fully saturated rings. The second kappa shape index (κ2) is 2.67. The molecule has 1 radical (unpaired) electrons. The van der Waals surface area contributed by atoms with Gasteiger partial charge < -0.3 is 0 Å². The Bertz CT molecular complexity index is 452. The molecule has 0 aliphatic heterocycles. The van der Waals surface area contributed by atoms with E-state index >= 15 is 0 Å². The van der Waals surface area contributed by atoms with Crippen LogP contribution in [0.25, 0.3) is 10.8 Å². The third-order valence-corrected chi connectivity index (χ3v) is 1.81. The van der Waals surface area contributed by atoms with Crippen LogP contribution in [-0.4, -0.2) is 0 Å². The summed E-state index contributed by atoms with van der Waals surface area (Å²) >= 11 is 0. The molecule has 0 N–H and O–H groups in total. The van der Waals surface area contributed by atoms with E-state index in [9.17, 15) is 0 Å². The zero-order valence-corrected chi connectivity index (χ0v) is 6.41. The molecule has 12 heavy (non-hydrogen) atoms. The molecular formula is C11H6N. The second-order valence-electron chi connectivity index (χ2n) is 2.60. The zero-order valence-electron chi connectivity index (χ0n) is 6.41. The molecule has 0 atom stereocenters. The van der Waals surface area contributed by atoms with E-state index in [0.29, 0.717) is 5.56 Å². The third kappa shape index (κ3) is 1.04. The Hall–Kier alpha value is -1.81. The van der Waals surface area contributed by atoms with Crippen LogP contribution in [0.15, 0.2) is 36.4 Å². The molecule has 2 rings (SSSR count). The summed E-state index contributed by atoms with van der Waals surface area (Å²) in [6, 6.07) is 16.5. The van der Waals surface area contributed by atoms with Gasteiger partial charge in [-0.25, -0.2) is 0 Å². The van der Waals surface area contributed by atoms with Crippen LogP contribution >= 0.6 is 0 Å². The Balaban J connectivity index is 2.78. The van der Waals surface area contributed by atoms with Gasteiger partial charge in [-0.2, -0.15) is 5.26 Å². The van der Waals surface area contributed by atoms with Crippen molar-refractivity contribution in [1.29, 1.82) is 5.26 Å². The minimum absolute atomic E-state index is 0.696. The van der Waals surface area contributed by atoms with Crippen LogP contribution in [0.3, 0.4) is 0 Å². The molecule has 0 saturated carbocycles. The SMILES string of the molecule is N#Cc1ccc2cc[c]cc2c1. The molecule has 0 aliphatic carbocycles. The average molecular weight is 152 g/mol. The largest absolute Gasteiger partial charge is 0.192 e. The summed E-state index contributed by atoms with van der Waals surface area (Å²) in [5.41, 5.74) is 0.696. The highest BCUT2D eigenvalue weighted by Gasteiger charge is 1.92. The van der Waals surface area contributed by atoms with Gasteiger partial charge in [0.15, 0.2) is 0 Å². The summed E-state index contributed by atoms with van der Waals surface area (Å²) in [6.45, 7) is 0. The molecule has 2 aromatic carbocycles. The van der Waals surface area contributed by atoms with Crippen molar-refractivity contribution in [2.45, 2.75) is 0 Å². The summed E-state index contributed by atoms with van der Waals surface area (Å²) < 4.78 is 0. The smallest absolute Gasteiger partial charge is 0.0991 e. The topological polar surface area (TPSA) is 23.8 Å². The monoisotopic (exact) mass is 152 g/mol. The minimum atomic E-state index is 0.696. The van der Waals surface area contributed by atoms with Crippen molar-refractivity contribution < 1.29 is 0 Å². The molecule has 55 valence electrons. The molecule has 0 heterocycles. The van der Waals surface area contributed by atoms with Crippen molar-refractivity contribution >= 4 is 10.8 Å². The molecule has 0 aliphatic rings. The van der Waals surface area contributed by atoms with Crippen LogP contribution in [0.5, 0.6) is 0 Å². The summed E-state index contributed by atoms with van der Waals surface area (Å²) in [5.74, 6) is 0. The van der Waals surface area contributed by atoms with Gasteiger partial charge in [0, 0.05) is 0 Å². The average Bonchev–Trinajstić information content (AvgIpc) is 2.17. The molecule has 1 heteroatoms. The van der Waals surface area contributed by atoms with Gasteiger partial charge in [-0.3, -0.25) is 0 Å². The fraction of sp³-hybridized carbons (Fsp3) is 0. The lowest BCUT2D eigenvalue weighted by Gasteiger charge is -1.95. The maximum Gasteiger partial charge on any atom is 0.0991 e. The highest BCUT2D eigenvalue weighted by molar-refractivity contribution is 5.83. The molecule has 0 amide bonds. The molecule has 0 unspecified atom stereocenters. The number of fused-ring (bicyclic) bond motifs is 1. The fourth-order valence-electron chi connectivity index (χ4n) is 1.20. The van der Waals surface area contributed by atoms with Gasteiger partial charge in [0.2, 0.25) is 0 Å². The van der Waals surface area contributed by atoms with Gasteiger partial charge >= 0.3 is 0 Å². The van der Waals surface area contributed by atoms with Crippen LogP contribution < -0.4 is 0 Å². The van der Waals surface area contributed by atoms with Gasteiger partial charge in [0.1, 0.15) is 0 Å². The first kappa shape index (κ1) is 6.87. The molecule has 0 saturated heterocycles. The van der Waals surface area contributed by atoms with Crippen LogP contribution in [0.1, 0.15) is 5.56 Å². The first-order chi connectivity index (χ1) is 5.90. The lowest BCUT2D eigenvalue weighted by molar-refractivity contribution is 1.50. The number of nitrogens with zero attached hydrogens (tertiary/aromatic N) is 1. The first-order valence-electron chi connectivity index (χ1n) is 3.70. The highest BCUT2D eigenvalue weighted by Crippen LogP contribution is 2.14. The van der Waals surface area contributed by atoms with Gasteiger partial charge in [-0.05, 0) is 35.0 Å². The molecule has 0 aromatic heterocycles. The summed E-state index contributed by atoms with van der Waals surface area (Å²) in [7, 11) is 0. The number of hydrogen-bond acceptors (Lipinski definition) is 1. The number of hydrogen-bond donors (Lipinski definition) is 0.